The molecule has 1 amide bonds. The molecule has 1 fully saturated rings. The van der Waals surface area contributed by atoms with E-state index in [1.54, 1.807) is 11.0 Å². The number of hydrogen-bond donors (Lipinski definition) is 1. The Hall–Kier alpha value is -3.10. The molecule has 0 spiro atoms. The lowest BCUT2D eigenvalue weighted by atomic mass is 9.95. The summed E-state index contributed by atoms with van der Waals surface area (Å²) >= 11 is 0. The first-order valence-corrected chi connectivity index (χ1v) is 11.3. The second-order valence-corrected chi connectivity index (χ2v) is 8.51. The van der Waals surface area contributed by atoms with Crippen LogP contribution in [-0.4, -0.2) is 72.1 Å². The SMILES string of the molecule is CC(C)Oc1ccc([C@H]2C(C(=O)c3ccco3)=C(O)C(=O)N2CCCN2CCOCC2)cc1. The molecular formula is C25H30N2O6. The molecule has 4 rings (SSSR count). The van der Waals surface area contributed by atoms with E-state index in [9.17, 15) is 14.7 Å². The number of Topliss-reactive ketones (excluding diaryl/α,β-unsaturated/α-hetero) is 1. The van der Waals surface area contributed by atoms with E-state index in [-0.39, 0.29) is 17.4 Å². The van der Waals surface area contributed by atoms with Gasteiger partial charge in [-0.1, -0.05) is 12.1 Å². The number of ether oxygens (including phenoxy) is 2. The van der Waals surface area contributed by atoms with Crippen LogP contribution in [0.1, 0.15) is 42.4 Å². The molecule has 0 bridgehead atoms. The van der Waals surface area contributed by atoms with Crippen molar-refractivity contribution in [2.75, 3.05) is 39.4 Å². The Morgan fingerprint density at radius 3 is 2.52 bits per heavy atom. The molecule has 1 saturated heterocycles. The topological polar surface area (TPSA) is 92.5 Å². The number of hydrogen-bond acceptors (Lipinski definition) is 7. The van der Waals surface area contributed by atoms with Gasteiger partial charge in [-0.05, 0) is 50.1 Å². The molecule has 8 heteroatoms. The van der Waals surface area contributed by atoms with E-state index >= 15 is 0 Å². The molecule has 2 aliphatic heterocycles. The number of rotatable bonds is 9. The summed E-state index contributed by atoms with van der Waals surface area (Å²) in [6.07, 6.45) is 2.14. The van der Waals surface area contributed by atoms with Gasteiger partial charge >= 0.3 is 0 Å². The molecule has 1 aromatic carbocycles. The van der Waals surface area contributed by atoms with Crippen LogP contribution in [0, 0.1) is 0 Å². The zero-order valence-corrected chi connectivity index (χ0v) is 19.0. The fraction of sp³-hybridized carbons (Fsp3) is 0.440. The van der Waals surface area contributed by atoms with E-state index in [2.05, 4.69) is 4.90 Å². The lowest BCUT2D eigenvalue weighted by Gasteiger charge is -2.30. The van der Waals surface area contributed by atoms with Gasteiger partial charge in [0, 0.05) is 26.2 Å². The highest BCUT2D eigenvalue weighted by atomic mass is 16.5. The van der Waals surface area contributed by atoms with E-state index in [1.165, 1.54) is 12.3 Å². The number of carbonyl (C=O) groups is 2. The molecule has 2 aliphatic rings. The number of aliphatic hydroxyl groups is 1. The molecule has 1 N–H and O–H groups in total. The standard InChI is InChI=1S/C25H30N2O6/c1-17(2)33-19-8-6-18(7-9-19)22-21(23(28)20-5-3-14-32-20)24(29)25(30)27(22)11-4-10-26-12-15-31-16-13-26/h3,5-9,14,17,22,29H,4,10-13,15-16H2,1-2H3/t22-/m0/s1. The van der Waals surface area contributed by atoms with Gasteiger partial charge in [-0.2, -0.15) is 0 Å². The van der Waals surface area contributed by atoms with Crippen LogP contribution >= 0.6 is 0 Å². The summed E-state index contributed by atoms with van der Waals surface area (Å²) in [6, 6.07) is 9.73. The van der Waals surface area contributed by atoms with Crippen LogP contribution in [-0.2, 0) is 9.53 Å². The molecule has 3 heterocycles. The maximum Gasteiger partial charge on any atom is 0.290 e. The smallest absolute Gasteiger partial charge is 0.290 e. The summed E-state index contributed by atoms with van der Waals surface area (Å²) in [5.41, 5.74) is 0.767. The van der Waals surface area contributed by atoms with Crippen molar-refractivity contribution in [1.82, 2.24) is 9.80 Å². The predicted octanol–water partition coefficient (Wildman–Crippen LogP) is 3.37. The molecule has 8 nitrogen and oxygen atoms in total. The monoisotopic (exact) mass is 454 g/mol. The Labute approximate surface area is 193 Å². The summed E-state index contributed by atoms with van der Waals surface area (Å²) in [5, 5.41) is 10.7. The molecule has 33 heavy (non-hydrogen) atoms. The van der Waals surface area contributed by atoms with Crippen LogP contribution < -0.4 is 4.74 Å². The van der Waals surface area contributed by atoms with Crippen molar-refractivity contribution in [3.8, 4) is 5.75 Å². The van der Waals surface area contributed by atoms with Gasteiger partial charge in [0.15, 0.2) is 11.5 Å². The summed E-state index contributed by atoms with van der Waals surface area (Å²) in [4.78, 5) is 30.1. The first-order chi connectivity index (χ1) is 16.0. The predicted molar refractivity (Wildman–Crippen MR) is 121 cm³/mol. The lowest BCUT2D eigenvalue weighted by molar-refractivity contribution is -0.129. The lowest BCUT2D eigenvalue weighted by Crippen LogP contribution is -2.39. The molecular weight excluding hydrogens is 424 g/mol. The Kier molecular flexibility index (Phi) is 7.15. The minimum atomic E-state index is -0.701. The van der Waals surface area contributed by atoms with Crippen LogP contribution in [0.2, 0.25) is 0 Å². The van der Waals surface area contributed by atoms with Gasteiger partial charge in [-0.25, -0.2) is 0 Å². The zero-order chi connectivity index (χ0) is 23.4. The van der Waals surface area contributed by atoms with E-state index in [0.29, 0.717) is 31.9 Å². The summed E-state index contributed by atoms with van der Waals surface area (Å²) < 4.78 is 16.4. The van der Waals surface area contributed by atoms with Crippen molar-refractivity contribution in [2.24, 2.45) is 0 Å². The summed E-state index contributed by atoms with van der Waals surface area (Å²) in [6.45, 7) is 8.25. The van der Waals surface area contributed by atoms with E-state index < -0.39 is 23.5 Å². The normalized spacial score (nSPS) is 19.5. The van der Waals surface area contributed by atoms with Gasteiger partial charge in [0.25, 0.3) is 5.91 Å². The molecule has 2 aromatic rings. The van der Waals surface area contributed by atoms with Crippen LogP contribution in [0.4, 0.5) is 0 Å². The quantitative estimate of drug-likeness (QED) is 0.581. The average Bonchev–Trinajstić information content (AvgIpc) is 3.43. The van der Waals surface area contributed by atoms with Crippen molar-refractivity contribution in [3.63, 3.8) is 0 Å². The highest BCUT2D eigenvalue weighted by Crippen LogP contribution is 2.39. The Morgan fingerprint density at radius 1 is 1.15 bits per heavy atom. The van der Waals surface area contributed by atoms with Gasteiger partial charge in [0.2, 0.25) is 5.78 Å². The third kappa shape index (κ3) is 5.12. The van der Waals surface area contributed by atoms with Crippen LogP contribution in [0.3, 0.4) is 0 Å². The molecule has 1 aromatic heterocycles. The maximum absolute atomic E-state index is 13.2. The number of ketones is 1. The first kappa shape index (κ1) is 23.1. The van der Waals surface area contributed by atoms with Crippen molar-refractivity contribution in [3.05, 3.63) is 65.3 Å². The highest BCUT2D eigenvalue weighted by molar-refractivity contribution is 6.15. The third-order valence-electron chi connectivity index (χ3n) is 5.84. The van der Waals surface area contributed by atoms with Crippen LogP contribution in [0.15, 0.2) is 58.4 Å². The van der Waals surface area contributed by atoms with Crippen molar-refractivity contribution >= 4 is 11.7 Å². The fourth-order valence-electron chi connectivity index (χ4n) is 4.29. The Balaban J connectivity index is 1.59. The minimum absolute atomic E-state index is 0.0284. The molecule has 0 saturated carbocycles. The number of furan rings is 1. The Morgan fingerprint density at radius 2 is 1.88 bits per heavy atom. The van der Waals surface area contributed by atoms with Crippen molar-refractivity contribution in [1.29, 1.82) is 0 Å². The molecule has 176 valence electrons. The summed E-state index contributed by atoms with van der Waals surface area (Å²) in [5.74, 6) is -0.767. The van der Waals surface area contributed by atoms with Crippen LogP contribution in [0.5, 0.6) is 5.75 Å². The van der Waals surface area contributed by atoms with E-state index in [1.807, 2.05) is 38.1 Å². The zero-order valence-electron chi connectivity index (χ0n) is 19.0. The second kappa shape index (κ2) is 10.2. The van der Waals surface area contributed by atoms with Gasteiger partial charge in [0.05, 0.1) is 37.2 Å². The second-order valence-electron chi connectivity index (χ2n) is 8.51. The van der Waals surface area contributed by atoms with Gasteiger partial charge < -0.3 is 23.9 Å². The first-order valence-electron chi connectivity index (χ1n) is 11.3. The largest absolute Gasteiger partial charge is 0.503 e. The molecule has 0 radical (unpaired) electrons. The maximum atomic E-state index is 13.2. The summed E-state index contributed by atoms with van der Waals surface area (Å²) in [7, 11) is 0. The highest BCUT2D eigenvalue weighted by Gasteiger charge is 2.44. The average molecular weight is 455 g/mol. The van der Waals surface area contributed by atoms with E-state index in [0.717, 1.165) is 25.2 Å². The number of benzene rings is 1. The minimum Gasteiger partial charge on any atom is -0.503 e. The number of amides is 1. The van der Waals surface area contributed by atoms with Crippen molar-refractivity contribution in [2.45, 2.75) is 32.4 Å². The number of aliphatic hydroxyl groups excluding tert-OH is 1. The van der Waals surface area contributed by atoms with Crippen LogP contribution in [0.25, 0.3) is 0 Å². The molecule has 1 atom stereocenters. The fourth-order valence-corrected chi connectivity index (χ4v) is 4.29. The Bertz CT molecular complexity index is 990. The molecule has 0 aliphatic carbocycles. The number of nitrogens with zero attached hydrogens (tertiary/aromatic N) is 2. The number of carbonyl (C=O) groups excluding carboxylic acids is 2. The van der Waals surface area contributed by atoms with Crippen molar-refractivity contribution < 1.29 is 28.6 Å². The van der Waals surface area contributed by atoms with Gasteiger partial charge in [-0.3, -0.25) is 14.5 Å². The van der Waals surface area contributed by atoms with E-state index in [4.69, 9.17) is 13.9 Å². The third-order valence-corrected chi connectivity index (χ3v) is 5.84. The van der Waals surface area contributed by atoms with Gasteiger partial charge in [0.1, 0.15) is 5.75 Å². The van der Waals surface area contributed by atoms with Gasteiger partial charge in [-0.15, -0.1) is 0 Å². The number of morpholine rings is 1. The molecule has 0 unspecified atom stereocenters.